The molecule has 7 nitrogen and oxygen atoms in total. The van der Waals surface area contributed by atoms with Gasteiger partial charge in [-0.15, -0.1) is 0 Å². The molecular weight excluding hydrogens is 442 g/mol. The van der Waals surface area contributed by atoms with Crippen molar-refractivity contribution in [2.45, 2.75) is 19.8 Å². The highest BCUT2D eigenvalue weighted by Crippen LogP contribution is 2.35. The first kappa shape index (κ1) is 22.4. The van der Waals surface area contributed by atoms with E-state index in [1.807, 2.05) is 36.4 Å². The molecule has 0 bridgehead atoms. The molecule has 0 fully saturated rings. The van der Waals surface area contributed by atoms with E-state index in [0.29, 0.717) is 23.6 Å². The molecule has 3 aromatic carbocycles. The summed E-state index contributed by atoms with van der Waals surface area (Å²) in [6.45, 7) is 2.13. The summed E-state index contributed by atoms with van der Waals surface area (Å²) in [7, 11) is 0. The van der Waals surface area contributed by atoms with Gasteiger partial charge in [-0.05, 0) is 48.4 Å². The fourth-order valence-corrected chi connectivity index (χ4v) is 3.99. The van der Waals surface area contributed by atoms with E-state index in [-0.39, 0.29) is 23.7 Å². The summed E-state index contributed by atoms with van der Waals surface area (Å²) in [4.78, 5) is 23.0. The zero-order valence-corrected chi connectivity index (χ0v) is 18.6. The number of fused-ring (bicyclic) bond motifs is 1. The number of hydrogen-bond acceptors (Lipinski definition) is 5. The molecule has 0 radical (unpaired) electrons. The van der Waals surface area contributed by atoms with E-state index in [4.69, 9.17) is 22.1 Å². The highest BCUT2D eigenvalue weighted by molar-refractivity contribution is 6.34. The Morgan fingerprint density at radius 3 is 2.39 bits per heavy atom. The summed E-state index contributed by atoms with van der Waals surface area (Å²) in [6, 6.07) is 15.9. The van der Waals surface area contributed by atoms with Gasteiger partial charge in [0.25, 0.3) is 0 Å². The average Bonchev–Trinajstić information content (AvgIpc) is 3.19. The van der Waals surface area contributed by atoms with E-state index in [9.17, 15) is 14.7 Å². The van der Waals surface area contributed by atoms with Gasteiger partial charge in [-0.1, -0.05) is 35.9 Å². The Balaban J connectivity index is 1.63. The predicted octanol–water partition coefficient (Wildman–Crippen LogP) is 4.85. The number of aromatic nitrogens is 2. The molecule has 1 heterocycles. The van der Waals surface area contributed by atoms with E-state index >= 15 is 0 Å². The van der Waals surface area contributed by atoms with Crippen LogP contribution in [0, 0.1) is 0 Å². The number of carbonyl (C=O) groups excluding carboxylic acids is 2. The highest BCUT2D eigenvalue weighted by Gasteiger charge is 2.14. The normalized spacial score (nSPS) is 11.0. The molecule has 0 aliphatic carbocycles. The Hall–Kier alpha value is -3.84. The SMILES string of the molecule is CCOC(=O)CCc1n[nH]c2cc(Cl)c(-c3ccc(-c4ccc(C(N)=O)cc4O)cc3)cc12. The Kier molecular flexibility index (Phi) is 6.33. The van der Waals surface area contributed by atoms with Crippen LogP contribution in [0.25, 0.3) is 33.2 Å². The summed E-state index contributed by atoms with van der Waals surface area (Å²) < 4.78 is 5.00. The first-order valence-electron chi connectivity index (χ1n) is 10.4. The number of nitrogens with zero attached hydrogens (tertiary/aromatic N) is 1. The van der Waals surface area contributed by atoms with Crippen molar-refractivity contribution in [2.24, 2.45) is 5.73 Å². The molecule has 1 aromatic heterocycles. The molecule has 1 amide bonds. The average molecular weight is 464 g/mol. The number of phenols is 1. The molecule has 0 aliphatic rings. The molecule has 8 heteroatoms. The number of halogens is 1. The zero-order chi connectivity index (χ0) is 23.5. The van der Waals surface area contributed by atoms with Gasteiger partial charge in [0.2, 0.25) is 5.91 Å². The number of aryl methyl sites for hydroxylation is 1. The van der Waals surface area contributed by atoms with E-state index in [1.54, 1.807) is 19.1 Å². The van der Waals surface area contributed by atoms with E-state index in [2.05, 4.69) is 10.2 Å². The Morgan fingerprint density at radius 2 is 1.76 bits per heavy atom. The summed E-state index contributed by atoms with van der Waals surface area (Å²) >= 11 is 6.54. The second-order valence-corrected chi connectivity index (χ2v) is 7.93. The lowest BCUT2D eigenvalue weighted by Gasteiger charge is -2.09. The van der Waals surface area contributed by atoms with Gasteiger partial charge in [0.05, 0.1) is 29.3 Å². The number of hydrogen-bond donors (Lipinski definition) is 3. The quantitative estimate of drug-likeness (QED) is 0.338. The fraction of sp³-hybridized carbons (Fsp3) is 0.160. The highest BCUT2D eigenvalue weighted by atomic mass is 35.5. The van der Waals surface area contributed by atoms with Gasteiger partial charge in [-0.25, -0.2) is 0 Å². The van der Waals surface area contributed by atoms with Crippen molar-refractivity contribution in [1.82, 2.24) is 10.2 Å². The summed E-state index contributed by atoms with van der Waals surface area (Å²) in [5, 5.41) is 19.1. The molecule has 0 aliphatic heterocycles. The van der Waals surface area contributed by atoms with Crippen LogP contribution < -0.4 is 5.73 Å². The number of esters is 1. The molecule has 4 aromatic rings. The van der Waals surface area contributed by atoms with Gasteiger partial charge < -0.3 is 15.6 Å². The van der Waals surface area contributed by atoms with Crippen LogP contribution in [0.15, 0.2) is 54.6 Å². The molecular formula is C25H22ClN3O4. The molecule has 4 N–H and O–H groups in total. The van der Waals surface area contributed by atoms with Crippen LogP contribution in [-0.4, -0.2) is 33.8 Å². The number of carbonyl (C=O) groups is 2. The number of nitrogens with one attached hydrogen (secondary N) is 1. The third kappa shape index (κ3) is 4.68. The molecule has 0 spiro atoms. The number of H-pyrrole nitrogens is 1. The first-order valence-corrected chi connectivity index (χ1v) is 10.8. The van der Waals surface area contributed by atoms with Crippen LogP contribution >= 0.6 is 11.6 Å². The maximum atomic E-state index is 11.7. The van der Waals surface area contributed by atoms with Crippen LogP contribution in [0.1, 0.15) is 29.4 Å². The number of aromatic amines is 1. The molecule has 33 heavy (non-hydrogen) atoms. The number of rotatable bonds is 7. The number of nitrogens with two attached hydrogens (primary N) is 1. The lowest BCUT2D eigenvalue weighted by molar-refractivity contribution is -0.143. The predicted molar refractivity (Wildman–Crippen MR) is 127 cm³/mol. The number of primary amides is 1. The van der Waals surface area contributed by atoms with Crippen LogP contribution in [0.2, 0.25) is 5.02 Å². The minimum atomic E-state index is -0.599. The van der Waals surface area contributed by atoms with Crippen LogP contribution in [0.5, 0.6) is 5.75 Å². The maximum absolute atomic E-state index is 11.7. The first-order chi connectivity index (χ1) is 15.9. The number of benzene rings is 3. The number of amides is 1. The van der Waals surface area contributed by atoms with Crippen LogP contribution in [0.3, 0.4) is 0 Å². The second kappa shape index (κ2) is 9.34. The van der Waals surface area contributed by atoms with Crippen LogP contribution in [-0.2, 0) is 16.0 Å². The fourth-order valence-electron chi connectivity index (χ4n) is 3.72. The molecule has 4 rings (SSSR count). The maximum Gasteiger partial charge on any atom is 0.306 e. The summed E-state index contributed by atoms with van der Waals surface area (Å²) in [5.41, 5.74) is 10.1. The molecule has 0 saturated heterocycles. The standard InChI is InChI=1S/C25H22ClN3O4/c1-2-33-24(31)10-9-21-19-12-18(20(26)13-22(19)29-28-21)15-5-3-14(4-6-15)17-8-7-16(25(27)32)11-23(17)30/h3-8,11-13,30H,2,9-10H2,1H3,(H2,27,32)(H,28,29). The van der Waals surface area contributed by atoms with Crippen molar-refractivity contribution < 1.29 is 19.4 Å². The number of phenolic OH excluding ortho intramolecular Hbond substituents is 1. The van der Waals surface area contributed by atoms with E-state index in [1.165, 1.54) is 6.07 Å². The number of aromatic hydroxyl groups is 1. The third-order valence-corrected chi connectivity index (χ3v) is 5.70. The molecule has 0 saturated carbocycles. The minimum Gasteiger partial charge on any atom is -0.507 e. The second-order valence-electron chi connectivity index (χ2n) is 7.53. The lowest BCUT2D eigenvalue weighted by Crippen LogP contribution is -2.10. The van der Waals surface area contributed by atoms with Crippen molar-refractivity contribution in [3.63, 3.8) is 0 Å². The monoisotopic (exact) mass is 463 g/mol. The van der Waals surface area contributed by atoms with Crippen molar-refractivity contribution in [3.05, 3.63) is 70.9 Å². The van der Waals surface area contributed by atoms with Crippen molar-refractivity contribution in [3.8, 4) is 28.0 Å². The Morgan fingerprint density at radius 1 is 1.06 bits per heavy atom. The lowest BCUT2D eigenvalue weighted by atomic mass is 9.97. The van der Waals surface area contributed by atoms with Crippen molar-refractivity contribution in [2.75, 3.05) is 6.61 Å². The smallest absolute Gasteiger partial charge is 0.306 e. The van der Waals surface area contributed by atoms with Gasteiger partial charge in [0, 0.05) is 28.5 Å². The molecule has 0 atom stereocenters. The van der Waals surface area contributed by atoms with Gasteiger partial charge >= 0.3 is 5.97 Å². The largest absolute Gasteiger partial charge is 0.507 e. The molecule has 168 valence electrons. The van der Waals surface area contributed by atoms with Gasteiger partial charge in [0.15, 0.2) is 0 Å². The van der Waals surface area contributed by atoms with E-state index < -0.39 is 5.91 Å². The van der Waals surface area contributed by atoms with Gasteiger partial charge in [0.1, 0.15) is 5.75 Å². The van der Waals surface area contributed by atoms with Crippen molar-refractivity contribution in [1.29, 1.82) is 0 Å². The Bertz CT molecular complexity index is 1350. The van der Waals surface area contributed by atoms with Gasteiger partial charge in [-0.3, -0.25) is 14.7 Å². The third-order valence-electron chi connectivity index (χ3n) is 5.39. The van der Waals surface area contributed by atoms with Crippen LogP contribution in [0.4, 0.5) is 0 Å². The van der Waals surface area contributed by atoms with Crippen molar-refractivity contribution >= 4 is 34.4 Å². The summed E-state index contributed by atoms with van der Waals surface area (Å²) in [6.07, 6.45) is 0.706. The Labute approximate surface area is 195 Å². The topological polar surface area (TPSA) is 118 Å². The minimum absolute atomic E-state index is 0.0249. The van der Waals surface area contributed by atoms with E-state index in [0.717, 1.165) is 33.3 Å². The van der Waals surface area contributed by atoms with Gasteiger partial charge in [-0.2, -0.15) is 5.10 Å². The zero-order valence-electron chi connectivity index (χ0n) is 17.9. The summed E-state index contributed by atoms with van der Waals surface area (Å²) in [5.74, 6) is -0.883. The number of ether oxygens (including phenoxy) is 1. The molecule has 0 unspecified atom stereocenters.